The van der Waals surface area contributed by atoms with Gasteiger partial charge in [-0.15, -0.1) is 10.2 Å². The van der Waals surface area contributed by atoms with Crippen molar-refractivity contribution in [3.63, 3.8) is 0 Å². The number of para-hydroxylation sites is 1. The number of hydrogen-bond acceptors (Lipinski definition) is 12. The number of fused-ring (bicyclic) bond motifs is 1. The van der Waals surface area contributed by atoms with Crippen LogP contribution in [0.1, 0.15) is 4.88 Å². The van der Waals surface area contributed by atoms with Crippen molar-refractivity contribution in [2.24, 2.45) is 10.1 Å². The van der Waals surface area contributed by atoms with E-state index in [4.69, 9.17) is 5.14 Å². The first-order chi connectivity index (χ1) is 17.7. The number of aromatic nitrogens is 3. The molecule has 0 bridgehead atoms. The molecule has 37 heavy (non-hydrogen) atoms. The van der Waals surface area contributed by atoms with Gasteiger partial charge in [0.1, 0.15) is 4.88 Å². The number of thioether (sulfide) groups is 1. The van der Waals surface area contributed by atoms with E-state index in [9.17, 15) is 23.1 Å². The summed E-state index contributed by atoms with van der Waals surface area (Å²) in [5, 5.41) is 31.0. The molecule has 3 heterocycles. The number of nitrogens with one attached hydrogen (secondary N) is 2. The van der Waals surface area contributed by atoms with Crippen LogP contribution < -0.4 is 26.3 Å². The summed E-state index contributed by atoms with van der Waals surface area (Å²) in [4.78, 5) is 33.0. The zero-order chi connectivity index (χ0) is 26.2. The smallest absolute Gasteiger partial charge is 0.279 e. The summed E-state index contributed by atoms with van der Waals surface area (Å²) in [5.74, 6) is -1.02. The number of aromatic hydroxyl groups is 1. The average Bonchev–Trinajstić information content (AvgIpc) is 3.53. The van der Waals surface area contributed by atoms with Crippen LogP contribution in [0.3, 0.4) is 0 Å². The number of nitrogens with two attached hydrogens (primary N) is 1. The molecule has 2 aromatic heterocycles. The lowest BCUT2D eigenvalue weighted by Crippen LogP contribution is -2.22. The summed E-state index contributed by atoms with van der Waals surface area (Å²) < 4.78 is 23.1. The number of carbonyl (C=O) groups is 2. The second-order valence-corrected chi connectivity index (χ2v) is 12.1. The minimum Gasteiger partial charge on any atom is -0.492 e. The van der Waals surface area contributed by atoms with Crippen molar-refractivity contribution in [2.45, 2.75) is 9.24 Å². The molecule has 0 spiro atoms. The van der Waals surface area contributed by atoms with E-state index in [0.29, 0.717) is 35.7 Å². The summed E-state index contributed by atoms with van der Waals surface area (Å²) in [6.45, 7) is 0. The van der Waals surface area contributed by atoms with Gasteiger partial charge in [-0.2, -0.15) is 4.98 Å². The lowest BCUT2D eigenvalue weighted by molar-refractivity contribution is -0.114. The lowest BCUT2D eigenvalue weighted by atomic mass is 10.1. The van der Waals surface area contributed by atoms with Crippen LogP contribution in [0.5, 0.6) is 5.88 Å². The van der Waals surface area contributed by atoms with Gasteiger partial charge in [0.15, 0.2) is 9.47 Å². The Bertz CT molecular complexity index is 1760. The highest BCUT2D eigenvalue weighted by Crippen LogP contribution is 2.36. The Morgan fingerprint density at radius 3 is 2.57 bits per heavy atom. The van der Waals surface area contributed by atoms with E-state index < -0.39 is 15.9 Å². The Labute approximate surface area is 221 Å². The van der Waals surface area contributed by atoms with Crippen LogP contribution in [0, 0.1) is 0 Å². The molecule has 0 fully saturated rings. The Morgan fingerprint density at radius 2 is 1.81 bits per heavy atom. The van der Waals surface area contributed by atoms with Gasteiger partial charge in [-0.1, -0.05) is 52.6 Å². The first-order valence-electron chi connectivity index (χ1n) is 10.3. The number of benzene rings is 2. The van der Waals surface area contributed by atoms with Crippen LogP contribution in [0.2, 0.25) is 0 Å². The van der Waals surface area contributed by atoms with Gasteiger partial charge in [0, 0.05) is 10.9 Å². The number of hydrogen-bond donors (Lipinski definition) is 4. The van der Waals surface area contributed by atoms with Gasteiger partial charge < -0.3 is 15.7 Å². The summed E-state index contributed by atoms with van der Waals surface area (Å²) >= 11 is 3.42. The van der Waals surface area contributed by atoms with Crippen LogP contribution in [0.25, 0.3) is 5.57 Å². The number of sulfonamides is 1. The van der Waals surface area contributed by atoms with Gasteiger partial charge in [0.2, 0.25) is 26.9 Å². The van der Waals surface area contributed by atoms with Gasteiger partial charge in [-0.05, 0) is 30.3 Å². The predicted molar refractivity (Wildman–Crippen MR) is 139 cm³/mol. The van der Waals surface area contributed by atoms with Crippen LogP contribution in [0.15, 0.2) is 62.8 Å². The zero-order valence-corrected chi connectivity index (χ0v) is 21.7. The number of carbonyl (C=O) groups excluding carboxylic acids is 2. The molecule has 5 N–H and O–H groups in total. The molecule has 5 rings (SSSR count). The number of thiazole rings is 1. The van der Waals surface area contributed by atoms with Crippen molar-refractivity contribution in [3.8, 4) is 5.88 Å². The number of primary sulfonamides is 1. The van der Waals surface area contributed by atoms with Crippen molar-refractivity contribution in [2.75, 3.05) is 16.4 Å². The Morgan fingerprint density at radius 1 is 1.05 bits per heavy atom. The number of amides is 2. The molecule has 188 valence electrons. The van der Waals surface area contributed by atoms with E-state index in [2.05, 4.69) is 30.8 Å². The van der Waals surface area contributed by atoms with Crippen molar-refractivity contribution in [3.05, 3.63) is 64.0 Å². The summed E-state index contributed by atoms with van der Waals surface area (Å²) in [7, 11) is -3.81. The predicted octanol–water partition coefficient (Wildman–Crippen LogP) is 1.18. The molecule has 1 aliphatic heterocycles. The zero-order valence-electron chi connectivity index (χ0n) is 18.4. The van der Waals surface area contributed by atoms with Crippen LogP contribution in [0.4, 0.5) is 16.0 Å². The quantitative estimate of drug-likeness (QED) is 0.223. The van der Waals surface area contributed by atoms with Gasteiger partial charge in [-0.3, -0.25) is 9.59 Å². The van der Waals surface area contributed by atoms with E-state index in [-0.39, 0.29) is 28.0 Å². The fraction of sp³-hybridized carbons (Fsp3) is 0.0476. The third-order valence-electron chi connectivity index (χ3n) is 4.86. The standard InChI is InChI=1S/C21H15N7O5S4/c22-37(32,33)11-7-5-10(6-8-11)23-14(29)9-34-21-28-27-20(36-21)26-19-25-18(31)16(35-19)15-12-3-1-2-4-13(12)24-17(15)30/h1-8,31H,9H2,(H,23,29)(H2,22,32,33)(H,25,26,27). The third kappa shape index (κ3) is 5.52. The highest BCUT2D eigenvalue weighted by atomic mass is 32.2. The highest BCUT2D eigenvalue weighted by Gasteiger charge is 2.25. The second-order valence-electron chi connectivity index (χ2n) is 7.39. The summed E-state index contributed by atoms with van der Waals surface area (Å²) in [6.07, 6.45) is 0. The molecule has 12 nitrogen and oxygen atoms in total. The Balaban J connectivity index is 1.21. The largest absolute Gasteiger partial charge is 0.492 e. The van der Waals surface area contributed by atoms with E-state index in [1.54, 1.807) is 24.3 Å². The number of anilines is 3. The maximum atomic E-state index is 12.4. The maximum absolute atomic E-state index is 12.4. The van der Waals surface area contributed by atoms with Crippen molar-refractivity contribution in [1.82, 2.24) is 15.2 Å². The van der Waals surface area contributed by atoms with Crippen molar-refractivity contribution < 1.29 is 23.1 Å². The van der Waals surface area contributed by atoms with Gasteiger partial charge in [0.25, 0.3) is 5.91 Å². The molecule has 2 amide bonds. The SMILES string of the molecule is NS(=O)(=O)c1ccc(NC(=O)CSc2nnc(Nc3nc(O)c(C4=c5ccccc5=NC4=O)s3)s2)cc1. The molecule has 1 aliphatic rings. The molecular formula is C21H15N7O5S4. The van der Waals surface area contributed by atoms with Crippen molar-refractivity contribution in [1.29, 1.82) is 0 Å². The van der Waals surface area contributed by atoms with Crippen LogP contribution in [-0.4, -0.2) is 46.3 Å². The minimum absolute atomic E-state index is 0.0388. The van der Waals surface area contributed by atoms with Gasteiger partial charge >= 0.3 is 0 Å². The maximum Gasteiger partial charge on any atom is 0.279 e. The lowest BCUT2D eigenvalue weighted by Gasteiger charge is -2.05. The third-order valence-corrected chi connectivity index (χ3v) is 8.74. The Kier molecular flexibility index (Phi) is 6.74. The molecule has 0 saturated carbocycles. The normalized spacial score (nSPS) is 12.8. The molecule has 16 heteroatoms. The first kappa shape index (κ1) is 25.0. The van der Waals surface area contributed by atoms with E-state index in [1.165, 1.54) is 35.6 Å². The highest BCUT2D eigenvalue weighted by molar-refractivity contribution is 8.01. The van der Waals surface area contributed by atoms with E-state index in [0.717, 1.165) is 23.1 Å². The molecular weight excluding hydrogens is 559 g/mol. The average molecular weight is 574 g/mol. The second kappa shape index (κ2) is 9.98. The molecule has 0 radical (unpaired) electrons. The molecule has 4 aromatic rings. The van der Waals surface area contributed by atoms with E-state index in [1.807, 2.05) is 0 Å². The molecule has 0 atom stereocenters. The van der Waals surface area contributed by atoms with Crippen LogP contribution >= 0.6 is 34.4 Å². The molecule has 0 unspecified atom stereocenters. The monoisotopic (exact) mass is 573 g/mol. The Hall–Kier alpha value is -3.70. The molecule has 0 saturated heterocycles. The van der Waals surface area contributed by atoms with Gasteiger partial charge in [0.05, 0.1) is 21.6 Å². The van der Waals surface area contributed by atoms with Crippen LogP contribution in [-0.2, 0) is 19.6 Å². The topological polar surface area (TPSA) is 190 Å². The van der Waals surface area contributed by atoms with Gasteiger partial charge in [-0.25, -0.2) is 18.5 Å². The summed E-state index contributed by atoms with van der Waals surface area (Å²) in [6, 6.07) is 12.5. The fourth-order valence-corrected chi connectivity index (χ4v) is 6.31. The van der Waals surface area contributed by atoms with E-state index >= 15 is 0 Å². The fourth-order valence-electron chi connectivity index (χ4n) is 3.27. The first-order valence-corrected chi connectivity index (χ1v) is 14.4. The summed E-state index contributed by atoms with van der Waals surface area (Å²) in [5.41, 5.74) is 0.712. The minimum atomic E-state index is -3.81. The van der Waals surface area contributed by atoms with Crippen molar-refractivity contribution >= 4 is 77.8 Å². The molecule has 0 aliphatic carbocycles. The number of rotatable bonds is 8. The number of nitrogens with zero attached hydrogens (tertiary/aromatic N) is 4. The molecule has 2 aromatic carbocycles.